The zero-order chi connectivity index (χ0) is 20.5. The first-order valence-corrected chi connectivity index (χ1v) is 9.82. The average Bonchev–Trinajstić information content (AvgIpc) is 2.99. The number of piperidine rings is 1. The van der Waals surface area contributed by atoms with Gasteiger partial charge >= 0.3 is 6.09 Å². The number of ether oxygens (including phenoxy) is 2. The van der Waals surface area contributed by atoms with E-state index < -0.39 is 24.1 Å². The molecule has 2 aliphatic heterocycles. The second kappa shape index (κ2) is 7.73. The Hall–Kier alpha value is -3.10. The second-order valence-electron chi connectivity index (χ2n) is 7.64. The molecule has 0 spiro atoms. The molecule has 2 fully saturated rings. The zero-order valence-corrected chi connectivity index (χ0v) is 15.9. The largest absolute Gasteiger partial charge is 0.487 e. The predicted octanol–water partition coefficient (Wildman–Crippen LogP) is 1.23. The Kier molecular flexibility index (Phi) is 5.12. The molecule has 1 aromatic rings. The molecule has 3 N–H and O–H groups in total. The summed E-state index contributed by atoms with van der Waals surface area (Å²) in [6.07, 6.45) is 2.39. The van der Waals surface area contributed by atoms with Crippen LogP contribution in [0.25, 0.3) is 0 Å². The van der Waals surface area contributed by atoms with E-state index in [2.05, 4.69) is 5.32 Å². The molecule has 0 aromatic heterocycles. The van der Waals surface area contributed by atoms with E-state index in [0.717, 1.165) is 24.8 Å². The summed E-state index contributed by atoms with van der Waals surface area (Å²) in [5.74, 6) is -0.404. The minimum atomic E-state index is -0.815. The summed E-state index contributed by atoms with van der Waals surface area (Å²) in [6.45, 7) is 0.281. The van der Waals surface area contributed by atoms with Gasteiger partial charge < -0.3 is 20.1 Å². The number of carbonyl (C=O) groups excluding carboxylic acids is 4. The number of imide groups is 1. The van der Waals surface area contributed by atoms with Crippen molar-refractivity contribution in [2.24, 2.45) is 5.73 Å². The van der Waals surface area contributed by atoms with Crippen molar-refractivity contribution in [1.82, 2.24) is 10.2 Å². The number of hydrogen-bond donors (Lipinski definition) is 2. The molecule has 2 heterocycles. The third-order valence-electron chi connectivity index (χ3n) is 5.69. The minimum Gasteiger partial charge on any atom is -0.487 e. The summed E-state index contributed by atoms with van der Waals surface area (Å²) < 4.78 is 11.2. The standard InChI is InChI=1S/C20H23N3O6/c21-20(27)29-16-4-2-1-3-15(16)28-12-5-6-13-11(9-12)10-23(19(13)26)14-7-8-17(24)22-18(14)25/h5-6,9,14-16H,1-4,7-8,10H2,(H2,21,27)(H,22,24,25)/t14?,15-,16+/m0/s1. The lowest BCUT2D eigenvalue weighted by molar-refractivity contribution is -0.136. The molecule has 3 atom stereocenters. The fourth-order valence-electron chi connectivity index (χ4n) is 4.28. The van der Waals surface area contributed by atoms with Gasteiger partial charge in [0.15, 0.2) is 0 Å². The Bertz CT molecular complexity index is 870. The van der Waals surface area contributed by atoms with Crippen LogP contribution in [0.15, 0.2) is 18.2 Å². The maximum Gasteiger partial charge on any atom is 0.404 e. The highest BCUT2D eigenvalue weighted by Crippen LogP contribution is 2.32. The van der Waals surface area contributed by atoms with Gasteiger partial charge in [-0.3, -0.25) is 19.7 Å². The van der Waals surface area contributed by atoms with Crippen molar-refractivity contribution < 1.29 is 28.7 Å². The summed E-state index contributed by atoms with van der Waals surface area (Å²) in [7, 11) is 0. The van der Waals surface area contributed by atoms with Crippen LogP contribution in [0, 0.1) is 0 Å². The van der Waals surface area contributed by atoms with Crippen LogP contribution in [0.4, 0.5) is 4.79 Å². The third kappa shape index (κ3) is 3.90. The smallest absolute Gasteiger partial charge is 0.404 e. The van der Waals surface area contributed by atoms with E-state index in [9.17, 15) is 19.2 Å². The first-order valence-electron chi connectivity index (χ1n) is 9.82. The molecule has 1 saturated heterocycles. The quantitative estimate of drug-likeness (QED) is 0.731. The number of nitrogens with two attached hydrogens (primary N) is 1. The highest BCUT2D eigenvalue weighted by molar-refractivity contribution is 6.05. The molecular formula is C20H23N3O6. The maximum atomic E-state index is 12.7. The normalized spacial score (nSPS) is 26.7. The van der Waals surface area contributed by atoms with E-state index >= 15 is 0 Å². The molecule has 29 heavy (non-hydrogen) atoms. The summed E-state index contributed by atoms with van der Waals surface area (Å²) in [6, 6.07) is 4.53. The van der Waals surface area contributed by atoms with Gasteiger partial charge in [-0.05, 0) is 55.9 Å². The molecule has 1 aromatic carbocycles. The van der Waals surface area contributed by atoms with Gasteiger partial charge in [0, 0.05) is 18.5 Å². The zero-order valence-electron chi connectivity index (χ0n) is 15.9. The fraction of sp³-hybridized carbons (Fsp3) is 0.500. The number of fused-ring (bicyclic) bond motifs is 1. The van der Waals surface area contributed by atoms with Crippen molar-refractivity contribution in [2.75, 3.05) is 0 Å². The Morgan fingerprint density at radius 2 is 1.86 bits per heavy atom. The topological polar surface area (TPSA) is 128 Å². The van der Waals surface area contributed by atoms with Crippen molar-refractivity contribution in [3.05, 3.63) is 29.3 Å². The maximum absolute atomic E-state index is 12.7. The van der Waals surface area contributed by atoms with Gasteiger partial charge in [0.25, 0.3) is 5.91 Å². The monoisotopic (exact) mass is 401 g/mol. The van der Waals surface area contributed by atoms with Gasteiger partial charge in [-0.25, -0.2) is 4.79 Å². The van der Waals surface area contributed by atoms with E-state index in [1.807, 2.05) is 0 Å². The molecule has 4 rings (SSSR count). The highest BCUT2D eigenvalue weighted by atomic mass is 16.6. The molecule has 9 nitrogen and oxygen atoms in total. The lowest BCUT2D eigenvalue weighted by Gasteiger charge is -2.31. The number of carbonyl (C=O) groups is 4. The molecule has 154 valence electrons. The van der Waals surface area contributed by atoms with Crippen molar-refractivity contribution >= 4 is 23.8 Å². The molecule has 0 radical (unpaired) electrons. The summed E-state index contributed by atoms with van der Waals surface area (Å²) >= 11 is 0. The van der Waals surface area contributed by atoms with E-state index in [1.54, 1.807) is 18.2 Å². The SMILES string of the molecule is NC(=O)O[C@@H]1CCCC[C@@H]1Oc1ccc2c(c1)CN(C1CCC(=O)NC1=O)C2=O. The van der Waals surface area contributed by atoms with Crippen LogP contribution >= 0.6 is 0 Å². The van der Waals surface area contributed by atoms with Gasteiger partial charge in [0.2, 0.25) is 11.8 Å². The Balaban J connectivity index is 1.48. The van der Waals surface area contributed by atoms with E-state index in [-0.39, 0.29) is 30.9 Å². The Labute approximate surface area is 167 Å². The average molecular weight is 401 g/mol. The first-order chi connectivity index (χ1) is 13.9. The number of nitrogens with one attached hydrogen (secondary N) is 1. The van der Waals surface area contributed by atoms with Crippen molar-refractivity contribution in [3.8, 4) is 5.75 Å². The first kappa shape index (κ1) is 19.2. The number of hydrogen-bond acceptors (Lipinski definition) is 6. The van der Waals surface area contributed by atoms with Crippen molar-refractivity contribution in [2.45, 2.75) is 63.3 Å². The number of amides is 4. The lowest BCUT2D eigenvalue weighted by atomic mass is 9.94. The number of primary amides is 1. The van der Waals surface area contributed by atoms with E-state index in [4.69, 9.17) is 15.2 Å². The van der Waals surface area contributed by atoms with Gasteiger partial charge in [-0.2, -0.15) is 0 Å². The third-order valence-corrected chi connectivity index (χ3v) is 5.69. The predicted molar refractivity (Wildman–Crippen MR) is 99.8 cm³/mol. The minimum absolute atomic E-state index is 0.216. The highest BCUT2D eigenvalue weighted by Gasteiger charge is 2.39. The number of nitrogens with zero attached hydrogens (tertiary/aromatic N) is 1. The van der Waals surface area contributed by atoms with Gasteiger partial charge in [0.1, 0.15) is 24.0 Å². The van der Waals surface area contributed by atoms with Crippen LogP contribution in [0.2, 0.25) is 0 Å². The second-order valence-corrected chi connectivity index (χ2v) is 7.64. The van der Waals surface area contributed by atoms with Gasteiger partial charge in [-0.15, -0.1) is 0 Å². The molecule has 0 bridgehead atoms. The Morgan fingerprint density at radius 1 is 1.10 bits per heavy atom. The summed E-state index contributed by atoms with van der Waals surface area (Å²) in [4.78, 5) is 48.9. The summed E-state index contributed by atoms with van der Waals surface area (Å²) in [5, 5.41) is 2.29. The molecule has 9 heteroatoms. The molecule has 3 aliphatic rings. The van der Waals surface area contributed by atoms with Crippen LogP contribution in [-0.2, 0) is 20.9 Å². The number of rotatable bonds is 4. The van der Waals surface area contributed by atoms with Crippen LogP contribution < -0.4 is 15.8 Å². The van der Waals surface area contributed by atoms with E-state index in [1.165, 1.54) is 4.90 Å². The fourth-order valence-corrected chi connectivity index (χ4v) is 4.28. The van der Waals surface area contributed by atoms with Crippen LogP contribution in [0.1, 0.15) is 54.4 Å². The Morgan fingerprint density at radius 3 is 2.59 bits per heavy atom. The molecule has 1 unspecified atom stereocenters. The summed E-state index contributed by atoms with van der Waals surface area (Å²) in [5.41, 5.74) is 6.45. The van der Waals surface area contributed by atoms with Crippen LogP contribution in [0.5, 0.6) is 5.75 Å². The van der Waals surface area contributed by atoms with E-state index in [0.29, 0.717) is 24.2 Å². The van der Waals surface area contributed by atoms with Crippen LogP contribution in [0.3, 0.4) is 0 Å². The van der Waals surface area contributed by atoms with Crippen LogP contribution in [-0.4, -0.2) is 47.0 Å². The van der Waals surface area contributed by atoms with Crippen molar-refractivity contribution in [3.63, 3.8) is 0 Å². The molecule has 1 aliphatic carbocycles. The lowest BCUT2D eigenvalue weighted by Crippen LogP contribution is -2.52. The molecule has 4 amide bonds. The number of benzene rings is 1. The molecular weight excluding hydrogens is 378 g/mol. The van der Waals surface area contributed by atoms with Gasteiger partial charge in [0.05, 0.1) is 0 Å². The van der Waals surface area contributed by atoms with Crippen molar-refractivity contribution in [1.29, 1.82) is 0 Å². The molecule has 1 saturated carbocycles. The van der Waals surface area contributed by atoms with Gasteiger partial charge in [-0.1, -0.05) is 0 Å².